The van der Waals surface area contributed by atoms with Gasteiger partial charge in [-0.3, -0.25) is 10.6 Å². The molecular weight excluding hydrogens is 298 g/mol. The summed E-state index contributed by atoms with van der Waals surface area (Å²) in [5, 5.41) is 4.92. The molecule has 1 aliphatic heterocycles. The smallest absolute Gasteiger partial charge is 0.221 e. The van der Waals surface area contributed by atoms with E-state index in [9.17, 15) is 4.79 Å². The fourth-order valence-corrected chi connectivity index (χ4v) is 3.72. The van der Waals surface area contributed by atoms with Gasteiger partial charge in [0.25, 0.3) is 0 Å². The summed E-state index contributed by atoms with van der Waals surface area (Å²) >= 11 is 0. The highest BCUT2D eigenvalue weighted by Gasteiger charge is 2.31. The molecule has 0 aromatic heterocycles. The van der Waals surface area contributed by atoms with Crippen LogP contribution in [0.25, 0.3) is 0 Å². The van der Waals surface area contributed by atoms with Crippen LogP contribution in [0.4, 0.5) is 5.69 Å². The van der Waals surface area contributed by atoms with Gasteiger partial charge in [-0.2, -0.15) is 0 Å². The number of anilines is 1. The van der Waals surface area contributed by atoms with Crippen molar-refractivity contribution in [3.8, 4) is 0 Å². The van der Waals surface area contributed by atoms with Crippen molar-refractivity contribution in [3.63, 3.8) is 0 Å². The van der Waals surface area contributed by atoms with E-state index in [0.717, 1.165) is 31.5 Å². The number of amides is 1. The van der Waals surface area contributed by atoms with Gasteiger partial charge in [-0.25, -0.2) is 5.01 Å². The quantitative estimate of drug-likeness (QED) is 0.847. The van der Waals surface area contributed by atoms with Crippen molar-refractivity contribution in [3.05, 3.63) is 65.7 Å². The first kappa shape index (κ1) is 16.7. The summed E-state index contributed by atoms with van der Waals surface area (Å²) in [5.41, 5.74) is 3.35. The molecule has 1 saturated heterocycles. The van der Waals surface area contributed by atoms with E-state index in [0.29, 0.717) is 5.92 Å². The second kappa shape index (κ2) is 7.60. The van der Waals surface area contributed by atoms with Gasteiger partial charge in [-0.1, -0.05) is 48.5 Å². The number of benzene rings is 2. The molecule has 24 heavy (non-hydrogen) atoms. The van der Waals surface area contributed by atoms with Crippen LogP contribution in [0.3, 0.4) is 0 Å². The molecule has 0 saturated carbocycles. The summed E-state index contributed by atoms with van der Waals surface area (Å²) < 4.78 is 0. The lowest BCUT2D eigenvalue weighted by molar-refractivity contribution is -0.114. The number of hydrogen-bond acceptors (Lipinski definition) is 3. The molecule has 2 aromatic carbocycles. The van der Waals surface area contributed by atoms with E-state index in [1.807, 2.05) is 29.3 Å². The molecule has 0 bridgehead atoms. The molecule has 2 aromatic rings. The lowest BCUT2D eigenvalue weighted by Crippen LogP contribution is -2.44. The van der Waals surface area contributed by atoms with E-state index >= 15 is 0 Å². The Balaban J connectivity index is 1.86. The SMILES string of the molecule is CC(=O)Nc1ccccc1C[C@@H]1CCCN(N)[C@@H]1c1ccccc1. The van der Waals surface area contributed by atoms with E-state index in [1.165, 1.54) is 11.1 Å². The third-order valence-electron chi connectivity index (χ3n) is 4.75. The molecule has 2 atom stereocenters. The average Bonchev–Trinajstić information content (AvgIpc) is 2.57. The minimum atomic E-state index is -0.0360. The lowest BCUT2D eigenvalue weighted by Gasteiger charge is -2.39. The zero-order valence-corrected chi connectivity index (χ0v) is 14.1. The molecular formula is C20H25N3O. The molecule has 1 fully saturated rings. The standard InChI is InChI=1S/C20H25N3O/c1-15(24)22-19-12-6-5-10-17(19)14-18-11-7-13-23(21)20(18)16-8-3-2-4-9-16/h2-6,8-10,12,18,20H,7,11,13-14,21H2,1H3,(H,22,24)/t18-,20+/m0/s1. The maximum absolute atomic E-state index is 11.5. The van der Waals surface area contributed by atoms with Gasteiger partial charge in [-0.15, -0.1) is 0 Å². The van der Waals surface area contributed by atoms with Crippen molar-refractivity contribution in [1.82, 2.24) is 5.01 Å². The van der Waals surface area contributed by atoms with Crippen LogP contribution < -0.4 is 11.2 Å². The van der Waals surface area contributed by atoms with E-state index in [4.69, 9.17) is 5.84 Å². The van der Waals surface area contributed by atoms with Crippen LogP contribution in [0.2, 0.25) is 0 Å². The summed E-state index contributed by atoms with van der Waals surface area (Å²) in [6.45, 7) is 2.47. The van der Waals surface area contributed by atoms with Crippen LogP contribution in [0.1, 0.15) is 36.9 Å². The number of carbonyl (C=O) groups is 1. The largest absolute Gasteiger partial charge is 0.326 e. The Morgan fingerprint density at radius 2 is 1.88 bits per heavy atom. The number of hydrazine groups is 1. The monoisotopic (exact) mass is 323 g/mol. The minimum absolute atomic E-state index is 0.0360. The number of nitrogens with zero attached hydrogens (tertiary/aromatic N) is 1. The molecule has 0 aliphatic carbocycles. The van der Waals surface area contributed by atoms with Crippen molar-refractivity contribution < 1.29 is 4.79 Å². The highest BCUT2D eigenvalue weighted by Crippen LogP contribution is 2.37. The topological polar surface area (TPSA) is 58.4 Å². The normalized spacial score (nSPS) is 21.4. The number of piperidine rings is 1. The van der Waals surface area contributed by atoms with Gasteiger partial charge in [-0.05, 0) is 42.4 Å². The van der Waals surface area contributed by atoms with Gasteiger partial charge < -0.3 is 5.32 Å². The fourth-order valence-electron chi connectivity index (χ4n) is 3.72. The predicted octanol–water partition coefficient (Wildman–Crippen LogP) is 3.51. The maximum atomic E-state index is 11.5. The number of para-hydroxylation sites is 1. The number of rotatable bonds is 4. The summed E-state index contributed by atoms with van der Waals surface area (Å²) in [7, 11) is 0. The van der Waals surface area contributed by atoms with Gasteiger partial charge in [0.1, 0.15) is 0 Å². The Kier molecular flexibility index (Phi) is 5.28. The molecule has 3 rings (SSSR count). The van der Waals surface area contributed by atoms with Crippen LogP contribution in [-0.2, 0) is 11.2 Å². The second-order valence-electron chi connectivity index (χ2n) is 6.54. The molecule has 0 radical (unpaired) electrons. The summed E-state index contributed by atoms with van der Waals surface area (Å²) in [4.78, 5) is 11.5. The van der Waals surface area contributed by atoms with E-state index in [1.54, 1.807) is 6.92 Å². The first-order valence-corrected chi connectivity index (χ1v) is 8.57. The third-order valence-corrected chi connectivity index (χ3v) is 4.75. The molecule has 1 amide bonds. The molecule has 0 unspecified atom stereocenters. The number of hydrogen-bond donors (Lipinski definition) is 2. The Morgan fingerprint density at radius 1 is 1.17 bits per heavy atom. The number of nitrogens with two attached hydrogens (primary N) is 1. The molecule has 1 heterocycles. The molecule has 3 N–H and O–H groups in total. The average molecular weight is 323 g/mol. The van der Waals surface area contributed by atoms with Crippen molar-refractivity contribution in [1.29, 1.82) is 0 Å². The van der Waals surface area contributed by atoms with Gasteiger partial charge >= 0.3 is 0 Å². The number of nitrogens with one attached hydrogen (secondary N) is 1. The minimum Gasteiger partial charge on any atom is -0.326 e. The van der Waals surface area contributed by atoms with E-state index < -0.39 is 0 Å². The van der Waals surface area contributed by atoms with Crippen molar-refractivity contribution in [2.75, 3.05) is 11.9 Å². The van der Waals surface area contributed by atoms with Gasteiger partial charge in [0.2, 0.25) is 5.91 Å². The molecule has 4 nitrogen and oxygen atoms in total. The zero-order chi connectivity index (χ0) is 16.9. The highest BCUT2D eigenvalue weighted by atomic mass is 16.1. The van der Waals surface area contributed by atoms with Gasteiger partial charge in [0, 0.05) is 19.2 Å². The maximum Gasteiger partial charge on any atom is 0.221 e. The summed E-state index contributed by atoms with van der Waals surface area (Å²) in [5.74, 6) is 6.73. The molecule has 0 spiro atoms. The van der Waals surface area contributed by atoms with Crippen LogP contribution in [0, 0.1) is 5.92 Å². The first-order valence-electron chi connectivity index (χ1n) is 8.57. The van der Waals surface area contributed by atoms with Crippen molar-refractivity contribution >= 4 is 11.6 Å². The second-order valence-corrected chi connectivity index (χ2v) is 6.54. The number of carbonyl (C=O) groups excluding carboxylic acids is 1. The van der Waals surface area contributed by atoms with Gasteiger partial charge in [0.15, 0.2) is 0 Å². The third kappa shape index (κ3) is 3.83. The Morgan fingerprint density at radius 3 is 2.62 bits per heavy atom. The van der Waals surface area contributed by atoms with E-state index in [2.05, 4.69) is 35.6 Å². The highest BCUT2D eigenvalue weighted by molar-refractivity contribution is 5.89. The van der Waals surface area contributed by atoms with Gasteiger partial charge in [0.05, 0.1) is 6.04 Å². The Labute approximate surface area is 143 Å². The van der Waals surface area contributed by atoms with Crippen LogP contribution in [-0.4, -0.2) is 17.5 Å². The molecule has 1 aliphatic rings. The Hall–Kier alpha value is -2.17. The summed E-state index contributed by atoms with van der Waals surface area (Å²) in [6, 6.07) is 18.8. The summed E-state index contributed by atoms with van der Waals surface area (Å²) in [6.07, 6.45) is 3.15. The van der Waals surface area contributed by atoms with Crippen molar-refractivity contribution in [2.45, 2.75) is 32.2 Å². The molecule has 126 valence electrons. The van der Waals surface area contributed by atoms with Crippen LogP contribution in [0.5, 0.6) is 0 Å². The zero-order valence-electron chi connectivity index (χ0n) is 14.1. The predicted molar refractivity (Wildman–Crippen MR) is 97.3 cm³/mol. The first-order chi connectivity index (χ1) is 11.6. The fraction of sp³-hybridized carbons (Fsp3) is 0.350. The lowest BCUT2D eigenvalue weighted by atomic mass is 9.81. The van der Waals surface area contributed by atoms with Crippen LogP contribution in [0.15, 0.2) is 54.6 Å². The molecule has 4 heteroatoms. The van der Waals surface area contributed by atoms with E-state index in [-0.39, 0.29) is 11.9 Å². The van der Waals surface area contributed by atoms with Crippen LogP contribution >= 0.6 is 0 Å². The van der Waals surface area contributed by atoms with Crippen molar-refractivity contribution in [2.24, 2.45) is 11.8 Å². The Bertz CT molecular complexity index is 686.